The first-order valence-corrected chi connectivity index (χ1v) is 4.58. The van der Waals surface area contributed by atoms with Crippen molar-refractivity contribution in [1.29, 1.82) is 0 Å². The van der Waals surface area contributed by atoms with Gasteiger partial charge >= 0.3 is 5.97 Å². The summed E-state index contributed by atoms with van der Waals surface area (Å²) in [5.74, 6) is -0.300. The number of methoxy groups -OCH3 is 1. The molecule has 0 saturated carbocycles. The van der Waals surface area contributed by atoms with E-state index in [1.165, 1.54) is 19.4 Å². The molecule has 16 heavy (non-hydrogen) atoms. The molecule has 0 aromatic carbocycles. The van der Waals surface area contributed by atoms with Crippen LogP contribution in [0, 0.1) is 0 Å². The molecule has 0 radical (unpaired) electrons. The molecule has 1 aromatic rings. The van der Waals surface area contributed by atoms with Crippen LogP contribution >= 0.6 is 0 Å². The summed E-state index contributed by atoms with van der Waals surface area (Å²) in [6, 6.07) is 1.49. The quantitative estimate of drug-likeness (QED) is 0.425. The number of carbonyl (C=O) groups excluding carboxylic acids is 2. The van der Waals surface area contributed by atoms with Gasteiger partial charge in [-0.15, -0.1) is 0 Å². The van der Waals surface area contributed by atoms with Crippen molar-refractivity contribution < 1.29 is 24.1 Å². The zero-order chi connectivity index (χ0) is 12.0. The number of pyridine rings is 1. The standard InChI is InChI=1S/C10H11NO5/c1-3-9(13)15-16-10-7(6-12)11-5-4-8(10)14-2/h4-6H,3H2,1-2H3. The Balaban J connectivity index is 2.91. The van der Waals surface area contributed by atoms with Crippen LogP contribution in [0.25, 0.3) is 0 Å². The summed E-state index contributed by atoms with van der Waals surface area (Å²) < 4.78 is 4.94. The molecule has 0 N–H and O–H groups in total. The minimum atomic E-state index is -0.553. The predicted molar refractivity (Wildman–Crippen MR) is 53.2 cm³/mol. The summed E-state index contributed by atoms with van der Waals surface area (Å²) >= 11 is 0. The van der Waals surface area contributed by atoms with Crippen LogP contribution in [0.4, 0.5) is 0 Å². The molecule has 6 heteroatoms. The third-order valence-electron chi connectivity index (χ3n) is 1.73. The normalized spacial score (nSPS) is 9.38. The Morgan fingerprint density at radius 3 is 2.88 bits per heavy atom. The molecule has 6 nitrogen and oxygen atoms in total. The third kappa shape index (κ3) is 2.69. The van der Waals surface area contributed by atoms with Gasteiger partial charge in [0.05, 0.1) is 7.11 Å². The van der Waals surface area contributed by atoms with Gasteiger partial charge in [-0.1, -0.05) is 6.92 Å². The number of aldehydes is 1. The van der Waals surface area contributed by atoms with Crippen LogP contribution in [0.3, 0.4) is 0 Å². The summed E-state index contributed by atoms with van der Waals surface area (Å²) in [6.45, 7) is 1.62. The summed E-state index contributed by atoms with van der Waals surface area (Å²) in [5.41, 5.74) is 0.00301. The zero-order valence-electron chi connectivity index (χ0n) is 8.93. The SMILES string of the molecule is CCC(=O)OOc1c(OC)ccnc1C=O. The Bertz CT molecular complexity index is 391. The number of aromatic nitrogens is 1. The van der Waals surface area contributed by atoms with Gasteiger partial charge in [-0.3, -0.25) is 14.6 Å². The van der Waals surface area contributed by atoms with Crippen molar-refractivity contribution in [1.82, 2.24) is 4.98 Å². The van der Waals surface area contributed by atoms with Gasteiger partial charge in [-0.2, -0.15) is 0 Å². The first kappa shape index (κ1) is 12.0. The Morgan fingerprint density at radius 1 is 1.56 bits per heavy atom. The van der Waals surface area contributed by atoms with E-state index in [0.29, 0.717) is 6.29 Å². The van der Waals surface area contributed by atoms with Crippen molar-refractivity contribution in [3.63, 3.8) is 0 Å². The first-order valence-electron chi connectivity index (χ1n) is 4.58. The monoisotopic (exact) mass is 225 g/mol. The Labute approximate surface area is 92.1 Å². The van der Waals surface area contributed by atoms with Gasteiger partial charge < -0.3 is 4.74 Å². The molecule has 0 amide bonds. The van der Waals surface area contributed by atoms with Gasteiger partial charge in [-0.05, 0) is 0 Å². The highest BCUT2D eigenvalue weighted by Crippen LogP contribution is 2.28. The number of nitrogens with zero attached hydrogens (tertiary/aromatic N) is 1. The van der Waals surface area contributed by atoms with Crippen LogP contribution in [0.5, 0.6) is 11.5 Å². The minimum Gasteiger partial charge on any atom is -0.493 e. The molecule has 0 aliphatic heterocycles. The molecular formula is C10H11NO5. The van der Waals surface area contributed by atoms with E-state index in [1.807, 2.05) is 0 Å². The van der Waals surface area contributed by atoms with Gasteiger partial charge in [0.2, 0.25) is 5.75 Å². The number of rotatable bonds is 5. The topological polar surface area (TPSA) is 74.7 Å². The maximum atomic E-state index is 10.9. The van der Waals surface area contributed by atoms with Crippen LogP contribution in [0.15, 0.2) is 12.3 Å². The fraction of sp³-hybridized carbons (Fsp3) is 0.300. The van der Waals surface area contributed by atoms with E-state index < -0.39 is 5.97 Å². The lowest BCUT2D eigenvalue weighted by atomic mass is 10.3. The second-order valence-electron chi connectivity index (χ2n) is 2.74. The lowest BCUT2D eigenvalue weighted by Crippen LogP contribution is -2.08. The molecule has 0 aliphatic carbocycles. The van der Waals surface area contributed by atoms with Crippen LogP contribution in [0.2, 0.25) is 0 Å². The Hall–Kier alpha value is -2.11. The second-order valence-corrected chi connectivity index (χ2v) is 2.74. The number of hydrogen-bond donors (Lipinski definition) is 0. The van der Waals surface area contributed by atoms with Gasteiger partial charge in [0.15, 0.2) is 17.7 Å². The fourth-order valence-corrected chi connectivity index (χ4v) is 0.921. The number of ether oxygens (including phenoxy) is 1. The number of carbonyl (C=O) groups is 2. The molecular weight excluding hydrogens is 214 g/mol. The number of hydrogen-bond acceptors (Lipinski definition) is 6. The van der Waals surface area contributed by atoms with Crippen LogP contribution in [-0.4, -0.2) is 24.3 Å². The predicted octanol–water partition coefficient (Wildman–Crippen LogP) is 1.15. The molecule has 0 fully saturated rings. The zero-order valence-corrected chi connectivity index (χ0v) is 8.93. The van der Waals surface area contributed by atoms with Crippen molar-refractivity contribution in [2.75, 3.05) is 7.11 Å². The van der Waals surface area contributed by atoms with Crippen molar-refractivity contribution in [3.05, 3.63) is 18.0 Å². The first-order chi connectivity index (χ1) is 7.72. The Morgan fingerprint density at radius 2 is 2.31 bits per heavy atom. The van der Waals surface area contributed by atoms with Gasteiger partial charge in [0.1, 0.15) is 0 Å². The third-order valence-corrected chi connectivity index (χ3v) is 1.73. The molecule has 0 bridgehead atoms. The molecule has 86 valence electrons. The summed E-state index contributed by atoms with van der Waals surface area (Å²) in [5, 5.41) is 0. The summed E-state index contributed by atoms with van der Waals surface area (Å²) in [4.78, 5) is 34.5. The molecule has 1 heterocycles. The van der Waals surface area contributed by atoms with E-state index in [-0.39, 0.29) is 23.6 Å². The van der Waals surface area contributed by atoms with Crippen molar-refractivity contribution >= 4 is 12.3 Å². The average molecular weight is 225 g/mol. The van der Waals surface area contributed by atoms with E-state index in [4.69, 9.17) is 9.62 Å². The van der Waals surface area contributed by atoms with Crippen molar-refractivity contribution in [3.8, 4) is 11.5 Å². The summed E-state index contributed by atoms with van der Waals surface area (Å²) in [7, 11) is 1.40. The maximum Gasteiger partial charge on any atom is 0.355 e. The fourth-order valence-electron chi connectivity index (χ4n) is 0.921. The van der Waals surface area contributed by atoms with Crippen molar-refractivity contribution in [2.45, 2.75) is 13.3 Å². The van der Waals surface area contributed by atoms with E-state index >= 15 is 0 Å². The smallest absolute Gasteiger partial charge is 0.355 e. The Kier molecular flexibility index (Phi) is 4.26. The van der Waals surface area contributed by atoms with Gasteiger partial charge in [0, 0.05) is 18.7 Å². The molecule has 1 rings (SSSR count). The highest BCUT2D eigenvalue weighted by atomic mass is 17.2. The minimum absolute atomic E-state index is 0.00301. The highest BCUT2D eigenvalue weighted by molar-refractivity contribution is 5.78. The van der Waals surface area contributed by atoms with E-state index in [2.05, 4.69) is 9.87 Å². The molecule has 0 unspecified atom stereocenters. The average Bonchev–Trinajstić information content (AvgIpc) is 2.35. The van der Waals surface area contributed by atoms with Crippen LogP contribution in [0.1, 0.15) is 23.8 Å². The second kappa shape index (κ2) is 5.69. The molecule has 0 aliphatic rings. The van der Waals surface area contributed by atoms with E-state index in [0.717, 1.165) is 0 Å². The summed E-state index contributed by atoms with van der Waals surface area (Å²) in [6.07, 6.45) is 2.04. The molecule has 1 aromatic heterocycles. The largest absolute Gasteiger partial charge is 0.493 e. The lowest BCUT2D eigenvalue weighted by molar-refractivity contribution is -0.214. The molecule has 0 spiro atoms. The van der Waals surface area contributed by atoms with Gasteiger partial charge in [0.25, 0.3) is 0 Å². The highest BCUT2D eigenvalue weighted by Gasteiger charge is 2.14. The van der Waals surface area contributed by atoms with Crippen molar-refractivity contribution in [2.24, 2.45) is 0 Å². The molecule has 0 saturated heterocycles. The van der Waals surface area contributed by atoms with E-state index in [9.17, 15) is 9.59 Å². The van der Waals surface area contributed by atoms with E-state index in [1.54, 1.807) is 6.92 Å². The van der Waals surface area contributed by atoms with Gasteiger partial charge in [-0.25, -0.2) is 9.78 Å². The van der Waals surface area contributed by atoms with Crippen LogP contribution in [-0.2, 0) is 9.68 Å². The molecule has 0 atom stereocenters. The lowest BCUT2D eigenvalue weighted by Gasteiger charge is -2.08. The van der Waals surface area contributed by atoms with Crippen LogP contribution < -0.4 is 9.62 Å². The maximum absolute atomic E-state index is 10.9.